The van der Waals surface area contributed by atoms with E-state index in [2.05, 4.69) is 23.5 Å². The number of hydrogen-bond donors (Lipinski definition) is 1. The molecule has 0 spiro atoms. The number of nitriles is 1. The normalized spacial score (nSPS) is 16.5. The summed E-state index contributed by atoms with van der Waals surface area (Å²) in [6.45, 7) is 5.67. The lowest BCUT2D eigenvalue weighted by atomic mass is 9.85. The van der Waals surface area contributed by atoms with E-state index < -0.39 is 0 Å². The number of rotatable bonds is 4. The van der Waals surface area contributed by atoms with E-state index in [1.165, 1.54) is 17.7 Å². The number of aryl methyl sites for hydroxylation is 2. The van der Waals surface area contributed by atoms with Crippen LogP contribution in [0.4, 0.5) is 5.00 Å². The zero-order chi connectivity index (χ0) is 17.3. The van der Waals surface area contributed by atoms with Crippen LogP contribution in [-0.2, 0) is 12.8 Å². The lowest BCUT2D eigenvalue weighted by Crippen LogP contribution is -2.14. The molecule has 1 N–H and O–H groups in total. The van der Waals surface area contributed by atoms with Crippen molar-refractivity contribution in [2.24, 2.45) is 5.92 Å². The number of aromatic nitrogens is 1. The fourth-order valence-corrected chi connectivity index (χ4v) is 4.80. The Kier molecular flexibility index (Phi) is 4.72. The van der Waals surface area contributed by atoms with Crippen LogP contribution >= 0.6 is 11.3 Å². The van der Waals surface area contributed by atoms with E-state index >= 15 is 0 Å². The minimum atomic E-state index is -0.258. The lowest BCUT2D eigenvalue weighted by Gasteiger charge is -2.21. The second kappa shape index (κ2) is 6.78. The average molecular weight is 343 g/mol. The Labute approximate surface area is 145 Å². The molecule has 3 rings (SSSR count). The van der Waals surface area contributed by atoms with Crippen LogP contribution < -0.4 is 5.32 Å². The van der Waals surface area contributed by atoms with Crippen LogP contribution in [0, 0.1) is 31.1 Å². The van der Waals surface area contributed by atoms with Gasteiger partial charge < -0.3 is 9.84 Å². The highest BCUT2D eigenvalue weighted by Gasteiger charge is 2.27. The summed E-state index contributed by atoms with van der Waals surface area (Å²) in [5.41, 5.74) is 2.77. The maximum absolute atomic E-state index is 12.6. The van der Waals surface area contributed by atoms with Crippen LogP contribution in [0.5, 0.6) is 0 Å². The van der Waals surface area contributed by atoms with Crippen LogP contribution in [0.1, 0.15) is 64.0 Å². The van der Waals surface area contributed by atoms with E-state index in [4.69, 9.17) is 4.52 Å². The molecular weight excluding hydrogens is 322 g/mol. The molecule has 1 aliphatic rings. The molecule has 0 fully saturated rings. The average Bonchev–Trinajstić information content (AvgIpc) is 3.06. The van der Waals surface area contributed by atoms with Gasteiger partial charge in [0.1, 0.15) is 22.4 Å². The Bertz CT molecular complexity index is 794. The zero-order valence-corrected chi connectivity index (χ0v) is 15.0. The summed E-state index contributed by atoms with van der Waals surface area (Å²) in [6, 6.07) is 2.29. The highest BCUT2D eigenvalue weighted by Crippen LogP contribution is 2.40. The van der Waals surface area contributed by atoms with E-state index in [0.717, 1.165) is 24.8 Å². The Hall–Kier alpha value is -2.13. The quantitative estimate of drug-likeness (QED) is 0.893. The van der Waals surface area contributed by atoms with Crippen molar-refractivity contribution in [2.45, 2.75) is 52.9 Å². The molecule has 2 aromatic rings. The summed E-state index contributed by atoms with van der Waals surface area (Å²) in [4.78, 5) is 13.8. The van der Waals surface area contributed by atoms with Gasteiger partial charge in [0.2, 0.25) is 0 Å². The lowest BCUT2D eigenvalue weighted by molar-refractivity contribution is 0.102. The van der Waals surface area contributed by atoms with Crippen molar-refractivity contribution in [3.8, 4) is 6.07 Å². The van der Waals surface area contributed by atoms with Crippen molar-refractivity contribution in [3.05, 3.63) is 33.0 Å². The first kappa shape index (κ1) is 16.7. The van der Waals surface area contributed by atoms with Gasteiger partial charge in [-0.05, 0) is 44.6 Å². The van der Waals surface area contributed by atoms with Crippen LogP contribution in [0.15, 0.2) is 4.52 Å². The van der Waals surface area contributed by atoms with Crippen LogP contribution in [-0.4, -0.2) is 11.1 Å². The van der Waals surface area contributed by atoms with Gasteiger partial charge in [0.15, 0.2) is 0 Å². The molecule has 5 nitrogen and oxygen atoms in total. The van der Waals surface area contributed by atoms with Gasteiger partial charge in [-0.3, -0.25) is 4.79 Å². The molecule has 0 bridgehead atoms. The van der Waals surface area contributed by atoms with Crippen molar-refractivity contribution in [1.82, 2.24) is 5.16 Å². The monoisotopic (exact) mass is 343 g/mol. The molecule has 2 heterocycles. The van der Waals surface area contributed by atoms with Crippen molar-refractivity contribution < 1.29 is 9.32 Å². The number of nitrogens with zero attached hydrogens (tertiary/aromatic N) is 2. The van der Waals surface area contributed by atoms with Gasteiger partial charge in [-0.1, -0.05) is 24.9 Å². The first-order valence-electron chi connectivity index (χ1n) is 8.34. The maximum Gasteiger partial charge on any atom is 0.261 e. The molecule has 1 aliphatic carbocycles. The molecule has 2 aromatic heterocycles. The number of hydrogen-bond acceptors (Lipinski definition) is 5. The summed E-state index contributed by atoms with van der Waals surface area (Å²) >= 11 is 1.55. The fraction of sp³-hybridized carbons (Fsp3) is 0.500. The van der Waals surface area contributed by atoms with Gasteiger partial charge in [0.25, 0.3) is 5.91 Å². The maximum atomic E-state index is 12.6. The number of carbonyl (C=O) groups is 1. The van der Waals surface area contributed by atoms with Crippen LogP contribution in [0.25, 0.3) is 0 Å². The molecule has 126 valence electrons. The van der Waals surface area contributed by atoms with Gasteiger partial charge in [-0.25, -0.2) is 0 Å². The fourth-order valence-electron chi connectivity index (χ4n) is 3.49. The summed E-state index contributed by atoms with van der Waals surface area (Å²) < 4.78 is 5.06. The van der Waals surface area contributed by atoms with Crippen LogP contribution in [0.2, 0.25) is 0 Å². The first-order chi connectivity index (χ1) is 11.5. The highest BCUT2D eigenvalue weighted by atomic mass is 32.1. The number of thiophene rings is 1. The van der Waals surface area contributed by atoms with Crippen molar-refractivity contribution in [1.29, 1.82) is 5.26 Å². The number of fused-ring (bicyclic) bond motifs is 1. The molecular formula is C18H21N3O2S. The second-order valence-electron chi connectivity index (χ2n) is 6.37. The summed E-state index contributed by atoms with van der Waals surface area (Å²) in [5.74, 6) is 0.929. The smallest absolute Gasteiger partial charge is 0.261 e. The molecule has 1 atom stereocenters. The van der Waals surface area contributed by atoms with Gasteiger partial charge in [-0.2, -0.15) is 5.26 Å². The molecule has 0 aromatic carbocycles. The zero-order valence-electron chi connectivity index (χ0n) is 14.2. The van der Waals surface area contributed by atoms with Crippen molar-refractivity contribution in [3.63, 3.8) is 0 Å². The Balaban J connectivity index is 1.87. The summed E-state index contributed by atoms with van der Waals surface area (Å²) in [6.07, 6.45) is 5.49. The van der Waals surface area contributed by atoms with Gasteiger partial charge in [-0.15, -0.1) is 11.3 Å². The standard InChI is InChI=1S/C18H21N3O2S/c1-4-5-12-6-7-13-14(9-19)18(24-15(13)8-12)20-17(22)16-10(2)21-23-11(16)3/h12H,4-8H2,1-3H3,(H,20,22)/t12-/m0/s1. The SMILES string of the molecule is CCC[C@H]1CCc2c(sc(NC(=O)c3c(C)noc3C)c2C#N)C1. The van der Waals surface area contributed by atoms with Gasteiger partial charge in [0.05, 0.1) is 11.3 Å². The Morgan fingerprint density at radius 2 is 2.29 bits per heavy atom. The number of carbonyl (C=O) groups excluding carboxylic acids is 1. The minimum absolute atomic E-state index is 0.258. The van der Waals surface area contributed by atoms with Crippen molar-refractivity contribution in [2.75, 3.05) is 5.32 Å². The molecule has 6 heteroatoms. The summed E-state index contributed by atoms with van der Waals surface area (Å²) in [7, 11) is 0. The second-order valence-corrected chi connectivity index (χ2v) is 7.48. The molecule has 0 aliphatic heterocycles. The van der Waals surface area contributed by atoms with Gasteiger partial charge >= 0.3 is 0 Å². The van der Waals surface area contributed by atoms with E-state index in [9.17, 15) is 10.1 Å². The summed E-state index contributed by atoms with van der Waals surface area (Å²) in [5, 5.41) is 16.9. The van der Waals surface area contributed by atoms with Crippen molar-refractivity contribution >= 4 is 22.2 Å². The molecule has 0 saturated heterocycles. The molecule has 0 unspecified atom stereocenters. The third kappa shape index (κ3) is 2.96. The largest absolute Gasteiger partial charge is 0.361 e. The third-order valence-corrected chi connectivity index (χ3v) is 5.83. The number of nitrogens with one attached hydrogen (secondary N) is 1. The highest BCUT2D eigenvalue weighted by molar-refractivity contribution is 7.16. The molecule has 0 saturated carbocycles. The predicted octanol–water partition coefficient (Wildman–Crippen LogP) is 4.38. The third-order valence-electron chi connectivity index (χ3n) is 4.66. The first-order valence-corrected chi connectivity index (χ1v) is 9.15. The van der Waals surface area contributed by atoms with E-state index in [1.807, 2.05) is 0 Å². The van der Waals surface area contributed by atoms with Gasteiger partial charge in [0, 0.05) is 4.88 Å². The van der Waals surface area contributed by atoms with E-state index in [-0.39, 0.29) is 5.91 Å². The molecule has 24 heavy (non-hydrogen) atoms. The minimum Gasteiger partial charge on any atom is -0.361 e. The molecule has 0 radical (unpaired) electrons. The predicted molar refractivity (Wildman–Crippen MR) is 93.4 cm³/mol. The topological polar surface area (TPSA) is 78.9 Å². The van der Waals surface area contributed by atoms with Crippen LogP contribution in [0.3, 0.4) is 0 Å². The number of anilines is 1. The van der Waals surface area contributed by atoms with E-state index in [1.54, 1.807) is 25.2 Å². The Morgan fingerprint density at radius 3 is 2.92 bits per heavy atom. The number of amides is 1. The molecule has 1 amide bonds. The Morgan fingerprint density at radius 1 is 1.50 bits per heavy atom. The van der Waals surface area contributed by atoms with E-state index in [0.29, 0.717) is 33.5 Å².